The number of rotatable bonds is 1. The fourth-order valence-electron chi connectivity index (χ4n) is 0.889. The fraction of sp³-hybridized carbons (Fsp3) is 0. The van der Waals surface area contributed by atoms with Gasteiger partial charge < -0.3 is 0 Å². The summed E-state index contributed by atoms with van der Waals surface area (Å²) in [6.07, 6.45) is 1.64. The van der Waals surface area contributed by atoms with E-state index in [0.717, 1.165) is 10.6 Å². The Labute approximate surface area is 88.4 Å². The third kappa shape index (κ3) is 1.93. The second-order valence-electron chi connectivity index (χ2n) is 2.29. The van der Waals surface area contributed by atoms with Gasteiger partial charge in [-0.1, -0.05) is 22.9 Å². The van der Waals surface area contributed by atoms with E-state index in [9.17, 15) is 0 Å². The minimum atomic E-state index is 0.457. The number of pyridine rings is 1. The number of hydrogen-bond donors (Lipinski definition) is 1. The molecule has 2 aromatic rings. The van der Waals surface area contributed by atoms with Crippen LogP contribution >= 0.6 is 35.2 Å². The minimum Gasteiger partial charge on any atom is -0.258 e. The second kappa shape index (κ2) is 3.53. The summed E-state index contributed by atoms with van der Waals surface area (Å²) in [6, 6.07) is 3.59. The largest absolute Gasteiger partial charge is 0.258 e. The molecule has 0 saturated carbocycles. The van der Waals surface area contributed by atoms with Gasteiger partial charge in [0.2, 0.25) is 0 Å². The van der Waals surface area contributed by atoms with Crippen molar-refractivity contribution >= 4 is 35.2 Å². The van der Waals surface area contributed by atoms with Crippen molar-refractivity contribution in [2.45, 2.75) is 0 Å². The average molecular weight is 230 g/mol. The molecule has 6 heteroatoms. The number of nitrogens with one attached hydrogen (secondary N) is 1. The molecule has 66 valence electrons. The lowest BCUT2D eigenvalue weighted by atomic mass is 10.3. The molecule has 3 nitrogen and oxygen atoms in total. The fourth-order valence-corrected chi connectivity index (χ4v) is 1.95. The Kier molecular flexibility index (Phi) is 2.39. The monoisotopic (exact) mass is 229 g/mol. The molecule has 1 N–H and O–H groups in total. The van der Waals surface area contributed by atoms with E-state index >= 15 is 0 Å². The number of H-pyrrole nitrogens is 1. The van der Waals surface area contributed by atoms with E-state index in [1.807, 2.05) is 6.07 Å². The van der Waals surface area contributed by atoms with Crippen molar-refractivity contribution in [3.8, 4) is 10.6 Å². The van der Waals surface area contributed by atoms with Crippen LogP contribution in [0.3, 0.4) is 0 Å². The van der Waals surface area contributed by atoms with Crippen LogP contribution in [0.2, 0.25) is 5.15 Å². The molecule has 0 fully saturated rings. The highest BCUT2D eigenvalue weighted by atomic mass is 35.5. The minimum absolute atomic E-state index is 0.457. The quantitative estimate of drug-likeness (QED) is 0.604. The first kappa shape index (κ1) is 8.80. The number of hydrogen-bond acceptors (Lipinski definition) is 4. The molecule has 13 heavy (non-hydrogen) atoms. The van der Waals surface area contributed by atoms with Gasteiger partial charge in [-0.3, -0.25) is 5.10 Å². The summed E-state index contributed by atoms with van der Waals surface area (Å²) < 4.78 is 0.655. The molecular weight excluding hydrogens is 226 g/mol. The average Bonchev–Trinajstić information content (AvgIpc) is 2.52. The zero-order valence-electron chi connectivity index (χ0n) is 6.32. The number of halogens is 1. The third-order valence-electron chi connectivity index (χ3n) is 1.41. The third-order valence-corrected chi connectivity index (χ3v) is 2.76. The molecule has 2 heterocycles. The lowest BCUT2D eigenvalue weighted by Gasteiger charge is -1.93. The summed E-state index contributed by atoms with van der Waals surface area (Å²) in [5.41, 5.74) is 0.928. The Morgan fingerprint density at radius 2 is 2.38 bits per heavy atom. The van der Waals surface area contributed by atoms with Crippen LogP contribution < -0.4 is 0 Å². The van der Waals surface area contributed by atoms with E-state index in [1.54, 1.807) is 12.3 Å². The zero-order chi connectivity index (χ0) is 9.26. The predicted octanol–water partition coefficient (Wildman–Crippen LogP) is 2.92. The maximum atomic E-state index is 5.73. The van der Waals surface area contributed by atoms with Gasteiger partial charge in [0.1, 0.15) is 10.2 Å². The summed E-state index contributed by atoms with van der Waals surface area (Å²) in [4.78, 5) is 3.88. The van der Waals surface area contributed by atoms with Crippen molar-refractivity contribution in [2.24, 2.45) is 0 Å². The Morgan fingerprint density at radius 1 is 1.54 bits per heavy atom. The number of nitrogens with zero attached hydrogens (tertiary/aromatic N) is 2. The normalized spacial score (nSPS) is 10.2. The summed E-state index contributed by atoms with van der Waals surface area (Å²) in [5, 5.41) is 8.02. The molecule has 0 amide bonds. The van der Waals surface area contributed by atoms with E-state index in [-0.39, 0.29) is 0 Å². The van der Waals surface area contributed by atoms with Crippen molar-refractivity contribution in [2.75, 3.05) is 0 Å². The molecule has 0 saturated heterocycles. The number of aromatic nitrogens is 3. The van der Waals surface area contributed by atoms with Crippen molar-refractivity contribution < 1.29 is 0 Å². The van der Waals surface area contributed by atoms with Gasteiger partial charge in [-0.25, -0.2) is 4.98 Å². The van der Waals surface area contributed by atoms with Gasteiger partial charge in [-0.15, -0.1) is 0 Å². The zero-order valence-corrected chi connectivity index (χ0v) is 8.71. The molecule has 0 atom stereocenters. The van der Waals surface area contributed by atoms with Crippen LogP contribution in [0.15, 0.2) is 18.3 Å². The molecule has 0 bridgehead atoms. The lowest BCUT2D eigenvalue weighted by molar-refractivity contribution is 1.08. The smallest absolute Gasteiger partial charge is 0.176 e. The van der Waals surface area contributed by atoms with Gasteiger partial charge in [0.15, 0.2) is 3.95 Å². The van der Waals surface area contributed by atoms with Crippen LogP contribution in [-0.2, 0) is 0 Å². The Bertz CT molecular complexity index is 476. The summed E-state index contributed by atoms with van der Waals surface area (Å²) in [7, 11) is 0. The topological polar surface area (TPSA) is 41.6 Å². The Morgan fingerprint density at radius 3 is 3.00 bits per heavy atom. The van der Waals surface area contributed by atoms with Crippen LogP contribution in [-0.4, -0.2) is 15.2 Å². The maximum Gasteiger partial charge on any atom is 0.176 e. The van der Waals surface area contributed by atoms with Crippen LogP contribution in [0, 0.1) is 3.95 Å². The highest BCUT2D eigenvalue weighted by Gasteiger charge is 2.02. The maximum absolute atomic E-state index is 5.73. The molecule has 0 aliphatic carbocycles. The van der Waals surface area contributed by atoms with Gasteiger partial charge in [-0.2, -0.15) is 5.10 Å². The summed E-state index contributed by atoms with van der Waals surface area (Å²) >= 11 is 12.1. The van der Waals surface area contributed by atoms with Crippen molar-refractivity contribution in [1.82, 2.24) is 15.2 Å². The van der Waals surface area contributed by atoms with Gasteiger partial charge >= 0.3 is 0 Å². The van der Waals surface area contributed by atoms with Crippen LogP contribution in [0.1, 0.15) is 0 Å². The van der Waals surface area contributed by atoms with Gasteiger partial charge in [-0.05, 0) is 24.4 Å². The van der Waals surface area contributed by atoms with E-state index in [0.29, 0.717) is 9.11 Å². The molecule has 0 spiro atoms. The SMILES string of the molecule is S=c1[nH]nc(-c2ccnc(Cl)c2)s1. The molecule has 2 aromatic heterocycles. The Balaban J connectivity index is 2.52. The highest BCUT2D eigenvalue weighted by Crippen LogP contribution is 2.22. The molecule has 2 rings (SSSR count). The molecule has 0 aliphatic heterocycles. The van der Waals surface area contributed by atoms with E-state index in [4.69, 9.17) is 23.8 Å². The summed E-state index contributed by atoms with van der Waals surface area (Å²) in [6.45, 7) is 0. The molecule has 0 aromatic carbocycles. The van der Waals surface area contributed by atoms with Crippen molar-refractivity contribution in [3.63, 3.8) is 0 Å². The molecule has 0 unspecified atom stereocenters. The second-order valence-corrected chi connectivity index (χ2v) is 4.34. The van der Waals surface area contributed by atoms with E-state index < -0.39 is 0 Å². The van der Waals surface area contributed by atoms with Crippen LogP contribution in [0.25, 0.3) is 10.6 Å². The lowest BCUT2D eigenvalue weighted by Crippen LogP contribution is -1.78. The Hall–Kier alpha value is -0.780. The molecular formula is C7H4ClN3S2. The highest BCUT2D eigenvalue weighted by molar-refractivity contribution is 7.73. The molecule has 0 radical (unpaired) electrons. The first-order chi connectivity index (χ1) is 6.25. The first-order valence-electron chi connectivity index (χ1n) is 3.43. The molecule has 0 aliphatic rings. The number of aromatic amines is 1. The van der Waals surface area contributed by atoms with Gasteiger partial charge in [0.25, 0.3) is 0 Å². The van der Waals surface area contributed by atoms with Crippen LogP contribution in [0.4, 0.5) is 0 Å². The summed E-state index contributed by atoms with van der Waals surface area (Å²) in [5.74, 6) is 0. The van der Waals surface area contributed by atoms with Gasteiger partial charge in [0, 0.05) is 11.8 Å². The van der Waals surface area contributed by atoms with E-state index in [1.165, 1.54) is 11.3 Å². The van der Waals surface area contributed by atoms with E-state index in [2.05, 4.69) is 15.2 Å². The predicted molar refractivity (Wildman–Crippen MR) is 55.5 cm³/mol. The standard InChI is InChI=1S/C7H4ClN3S2/c8-5-3-4(1-2-9-5)6-10-11-7(12)13-6/h1-3H,(H,11,12). The van der Waals surface area contributed by atoms with Crippen molar-refractivity contribution in [1.29, 1.82) is 0 Å². The van der Waals surface area contributed by atoms with Gasteiger partial charge in [0.05, 0.1) is 0 Å². The van der Waals surface area contributed by atoms with Crippen LogP contribution in [0.5, 0.6) is 0 Å². The first-order valence-corrected chi connectivity index (χ1v) is 5.03. The van der Waals surface area contributed by atoms with Crippen molar-refractivity contribution in [3.05, 3.63) is 27.4 Å².